The second kappa shape index (κ2) is 5.30. The van der Waals surface area contributed by atoms with Crippen LogP contribution >= 0.6 is 0 Å². The first-order valence-corrected chi connectivity index (χ1v) is 5.55. The number of ether oxygens (including phenoxy) is 1. The van der Waals surface area contributed by atoms with E-state index in [0.717, 1.165) is 11.3 Å². The first kappa shape index (κ1) is 11.4. The smallest absolute Gasteiger partial charge is 0.373 e. The molecule has 1 aromatic carbocycles. The summed E-state index contributed by atoms with van der Waals surface area (Å²) in [5.41, 5.74) is 1.92. The highest BCUT2D eigenvalue weighted by molar-refractivity contribution is 6.37. The number of nitrogens with one attached hydrogen (secondary N) is 1. The fraction of sp³-hybridized carbons (Fsp3) is 0.231. The molecule has 1 N–H and O–H groups in total. The van der Waals surface area contributed by atoms with Crippen LogP contribution in [0.2, 0.25) is 0 Å². The second-order valence-electron chi connectivity index (χ2n) is 3.52. The van der Waals surface area contributed by atoms with Gasteiger partial charge in [0.2, 0.25) is 5.84 Å². The molecule has 1 aliphatic heterocycles. The van der Waals surface area contributed by atoms with Gasteiger partial charge in [0.25, 0.3) is 0 Å². The van der Waals surface area contributed by atoms with Crippen LogP contribution in [-0.4, -0.2) is 25.0 Å². The number of nitrogens with zero attached hydrogens (tertiary/aromatic N) is 1. The average molecular weight is 230 g/mol. The first-order chi connectivity index (χ1) is 8.31. The van der Waals surface area contributed by atoms with Crippen molar-refractivity contribution in [3.05, 3.63) is 42.0 Å². The van der Waals surface area contributed by atoms with Crippen molar-refractivity contribution in [2.24, 2.45) is 4.99 Å². The monoisotopic (exact) mass is 230 g/mol. The molecule has 0 atom stereocenters. The topological polar surface area (TPSA) is 50.7 Å². The Labute approximate surface area is 100 Å². The molecule has 1 aliphatic rings. The van der Waals surface area contributed by atoms with E-state index in [-0.39, 0.29) is 5.84 Å². The van der Waals surface area contributed by atoms with E-state index >= 15 is 0 Å². The fourth-order valence-electron chi connectivity index (χ4n) is 1.57. The summed E-state index contributed by atoms with van der Waals surface area (Å²) in [5.74, 6) is -0.137. The van der Waals surface area contributed by atoms with Crippen molar-refractivity contribution in [1.82, 2.24) is 5.32 Å². The van der Waals surface area contributed by atoms with Crippen LogP contribution in [0.5, 0.6) is 0 Å². The molecule has 0 amide bonds. The van der Waals surface area contributed by atoms with Crippen molar-refractivity contribution >= 4 is 17.5 Å². The van der Waals surface area contributed by atoms with Crippen molar-refractivity contribution in [2.45, 2.75) is 6.92 Å². The molecule has 0 bridgehead atoms. The predicted molar refractivity (Wildman–Crippen MR) is 66.5 cm³/mol. The molecule has 4 heteroatoms. The van der Waals surface area contributed by atoms with Gasteiger partial charge in [-0.15, -0.1) is 0 Å². The normalized spacial score (nSPS) is 14.4. The molecule has 0 spiro atoms. The lowest BCUT2D eigenvalue weighted by atomic mass is 10.1. The zero-order chi connectivity index (χ0) is 12.1. The quantitative estimate of drug-likeness (QED) is 0.802. The van der Waals surface area contributed by atoms with Gasteiger partial charge in [0.1, 0.15) is 0 Å². The van der Waals surface area contributed by atoms with Crippen molar-refractivity contribution in [3.63, 3.8) is 0 Å². The van der Waals surface area contributed by atoms with Gasteiger partial charge in [0, 0.05) is 5.70 Å². The summed E-state index contributed by atoms with van der Waals surface area (Å²) in [6, 6.07) is 9.81. The van der Waals surface area contributed by atoms with Crippen LogP contribution in [0, 0.1) is 0 Å². The summed E-state index contributed by atoms with van der Waals surface area (Å²) in [7, 11) is 0. The number of hydrogen-bond acceptors (Lipinski definition) is 4. The molecule has 17 heavy (non-hydrogen) atoms. The number of esters is 1. The summed E-state index contributed by atoms with van der Waals surface area (Å²) < 4.78 is 4.91. The van der Waals surface area contributed by atoms with Crippen LogP contribution in [-0.2, 0) is 9.53 Å². The molecule has 0 radical (unpaired) electrons. The lowest BCUT2D eigenvalue weighted by Crippen LogP contribution is -2.34. The van der Waals surface area contributed by atoms with Gasteiger partial charge in [0.05, 0.1) is 13.2 Å². The third-order valence-electron chi connectivity index (χ3n) is 2.35. The second-order valence-corrected chi connectivity index (χ2v) is 3.52. The van der Waals surface area contributed by atoms with Gasteiger partial charge in [-0.25, -0.2) is 4.79 Å². The highest BCUT2D eigenvalue weighted by Gasteiger charge is 2.16. The third-order valence-corrected chi connectivity index (χ3v) is 2.35. The summed E-state index contributed by atoms with van der Waals surface area (Å²) >= 11 is 0. The Kier molecular flexibility index (Phi) is 3.55. The summed E-state index contributed by atoms with van der Waals surface area (Å²) in [4.78, 5) is 15.6. The van der Waals surface area contributed by atoms with E-state index in [1.54, 1.807) is 6.92 Å². The molecule has 0 aromatic heterocycles. The Balaban J connectivity index is 2.10. The maximum Gasteiger partial charge on any atom is 0.373 e. The molecular weight excluding hydrogens is 216 g/mol. The van der Waals surface area contributed by atoms with E-state index in [1.807, 2.05) is 36.4 Å². The van der Waals surface area contributed by atoms with Crippen molar-refractivity contribution in [1.29, 1.82) is 0 Å². The SMILES string of the molecule is CCOC(=O)C1=NCC=C(c2ccccc2)N1. The Morgan fingerprint density at radius 3 is 2.88 bits per heavy atom. The van der Waals surface area contributed by atoms with Crippen LogP contribution in [0.25, 0.3) is 5.70 Å². The van der Waals surface area contributed by atoms with Gasteiger partial charge in [-0.3, -0.25) is 4.99 Å². The molecular formula is C13H14N2O2. The van der Waals surface area contributed by atoms with Gasteiger partial charge in [0.15, 0.2) is 0 Å². The molecule has 0 saturated heterocycles. The Morgan fingerprint density at radius 2 is 2.18 bits per heavy atom. The minimum atomic E-state index is -0.408. The third kappa shape index (κ3) is 2.72. The number of amidine groups is 1. The lowest BCUT2D eigenvalue weighted by molar-refractivity contribution is -0.135. The van der Waals surface area contributed by atoms with Crippen LogP contribution in [0.1, 0.15) is 12.5 Å². The van der Waals surface area contributed by atoms with Crippen LogP contribution < -0.4 is 5.32 Å². The Hall–Kier alpha value is -2.10. The summed E-state index contributed by atoms with van der Waals surface area (Å²) in [6.07, 6.45) is 1.94. The Bertz CT molecular complexity index is 464. The van der Waals surface area contributed by atoms with E-state index < -0.39 is 5.97 Å². The van der Waals surface area contributed by atoms with Crippen LogP contribution in [0.15, 0.2) is 41.4 Å². The zero-order valence-corrected chi connectivity index (χ0v) is 9.64. The highest BCUT2D eigenvalue weighted by atomic mass is 16.5. The molecule has 0 aliphatic carbocycles. The van der Waals surface area contributed by atoms with Gasteiger partial charge in [-0.1, -0.05) is 30.3 Å². The van der Waals surface area contributed by atoms with Gasteiger partial charge in [-0.2, -0.15) is 0 Å². The fourth-order valence-corrected chi connectivity index (χ4v) is 1.57. The van der Waals surface area contributed by atoms with E-state index in [0.29, 0.717) is 13.2 Å². The number of carbonyl (C=O) groups excluding carboxylic acids is 1. The van der Waals surface area contributed by atoms with Gasteiger partial charge in [-0.05, 0) is 18.6 Å². The van der Waals surface area contributed by atoms with E-state index in [4.69, 9.17) is 4.74 Å². The Morgan fingerprint density at radius 1 is 1.41 bits per heavy atom. The molecule has 1 heterocycles. The van der Waals surface area contributed by atoms with E-state index in [1.165, 1.54) is 0 Å². The number of rotatable bonds is 3. The van der Waals surface area contributed by atoms with Gasteiger partial charge >= 0.3 is 5.97 Å². The average Bonchev–Trinajstić information content (AvgIpc) is 2.40. The minimum Gasteiger partial charge on any atom is -0.460 e. The number of hydrogen-bond donors (Lipinski definition) is 1. The molecule has 1 aromatic rings. The minimum absolute atomic E-state index is 0.271. The predicted octanol–water partition coefficient (Wildman–Crippen LogP) is 1.59. The van der Waals surface area contributed by atoms with Crippen LogP contribution in [0.4, 0.5) is 0 Å². The first-order valence-electron chi connectivity index (χ1n) is 5.55. The summed E-state index contributed by atoms with van der Waals surface area (Å²) in [5, 5.41) is 2.99. The maximum atomic E-state index is 11.5. The maximum absolute atomic E-state index is 11.5. The number of carbonyl (C=O) groups is 1. The van der Waals surface area contributed by atoms with E-state index in [9.17, 15) is 4.79 Å². The molecule has 4 nitrogen and oxygen atoms in total. The van der Waals surface area contributed by atoms with Gasteiger partial charge < -0.3 is 10.1 Å². The lowest BCUT2D eigenvalue weighted by Gasteiger charge is -2.16. The number of aliphatic imine (C=N–C) groups is 1. The molecule has 0 unspecified atom stereocenters. The molecule has 0 fully saturated rings. The highest BCUT2D eigenvalue weighted by Crippen LogP contribution is 2.13. The van der Waals surface area contributed by atoms with Crippen molar-refractivity contribution in [3.8, 4) is 0 Å². The zero-order valence-electron chi connectivity index (χ0n) is 9.64. The van der Waals surface area contributed by atoms with Crippen LogP contribution in [0.3, 0.4) is 0 Å². The molecule has 2 rings (SSSR count). The number of benzene rings is 1. The van der Waals surface area contributed by atoms with Crippen molar-refractivity contribution in [2.75, 3.05) is 13.2 Å². The summed E-state index contributed by atoms with van der Waals surface area (Å²) in [6.45, 7) is 2.62. The van der Waals surface area contributed by atoms with E-state index in [2.05, 4.69) is 10.3 Å². The molecule has 88 valence electrons. The standard InChI is InChI=1S/C13H14N2O2/c1-2-17-13(16)12-14-9-8-11(15-12)10-6-4-3-5-7-10/h3-8H,2,9H2,1H3,(H,14,15). The largest absolute Gasteiger partial charge is 0.460 e. The molecule has 0 saturated carbocycles. The van der Waals surface area contributed by atoms with Crippen molar-refractivity contribution < 1.29 is 9.53 Å².